The Morgan fingerprint density at radius 2 is 2.00 bits per heavy atom. The number of carbonyl (C=O) groups excluding carboxylic acids is 1. The molecule has 4 heteroatoms. The molecule has 1 N–H and O–H groups in total. The first kappa shape index (κ1) is 14.8. The number of hydrogen-bond donors (Lipinski definition) is 1. The van der Waals surface area contributed by atoms with E-state index in [2.05, 4.69) is 17.2 Å². The quantitative estimate of drug-likeness (QED) is 0.942. The summed E-state index contributed by atoms with van der Waals surface area (Å²) in [5, 5.41) is 4.09. The molecule has 1 fully saturated rings. The van der Waals surface area contributed by atoms with Crippen molar-refractivity contribution in [1.29, 1.82) is 0 Å². The maximum atomic E-state index is 12.4. The van der Waals surface area contributed by atoms with Crippen LogP contribution in [-0.4, -0.2) is 24.0 Å². The summed E-state index contributed by atoms with van der Waals surface area (Å²) in [4.78, 5) is 16.8. The number of nitrogens with zero attached hydrogens (tertiary/aromatic N) is 1. The smallest absolute Gasteiger partial charge is 0.253 e. The van der Waals surface area contributed by atoms with Gasteiger partial charge in [-0.15, -0.1) is 0 Å². The summed E-state index contributed by atoms with van der Waals surface area (Å²) in [6, 6.07) is 7.88. The SMILES string of the molecule is COc1ccc2cc(C(=O)NC3CCC(C)CC3)cnc2c1. The van der Waals surface area contributed by atoms with E-state index in [1.54, 1.807) is 13.3 Å². The maximum Gasteiger partial charge on any atom is 0.253 e. The lowest BCUT2D eigenvalue weighted by Gasteiger charge is -2.26. The number of pyridine rings is 1. The van der Waals surface area contributed by atoms with Gasteiger partial charge in [-0.3, -0.25) is 9.78 Å². The second-order valence-electron chi connectivity index (χ2n) is 6.21. The van der Waals surface area contributed by atoms with Crippen LogP contribution < -0.4 is 10.1 Å². The number of fused-ring (bicyclic) bond motifs is 1. The highest BCUT2D eigenvalue weighted by atomic mass is 16.5. The zero-order valence-electron chi connectivity index (χ0n) is 13.1. The van der Waals surface area contributed by atoms with Crippen molar-refractivity contribution in [2.24, 2.45) is 5.92 Å². The monoisotopic (exact) mass is 298 g/mol. The summed E-state index contributed by atoms with van der Waals surface area (Å²) >= 11 is 0. The van der Waals surface area contributed by atoms with Crippen molar-refractivity contribution >= 4 is 16.8 Å². The second kappa shape index (κ2) is 6.34. The first-order chi connectivity index (χ1) is 10.7. The van der Waals surface area contributed by atoms with Crippen LogP contribution in [0.25, 0.3) is 10.9 Å². The fraction of sp³-hybridized carbons (Fsp3) is 0.444. The van der Waals surface area contributed by atoms with Crippen molar-refractivity contribution in [3.05, 3.63) is 36.0 Å². The van der Waals surface area contributed by atoms with Crippen LogP contribution in [0.15, 0.2) is 30.5 Å². The predicted molar refractivity (Wildman–Crippen MR) is 87.2 cm³/mol. The highest BCUT2D eigenvalue weighted by molar-refractivity contribution is 5.97. The maximum absolute atomic E-state index is 12.4. The van der Waals surface area contributed by atoms with Gasteiger partial charge in [0.15, 0.2) is 0 Å². The van der Waals surface area contributed by atoms with Crippen molar-refractivity contribution in [2.75, 3.05) is 7.11 Å². The van der Waals surface area contributed by atoms with Crippen LogP contribution >= 0.6 is 0 Å². The lowest BCUT2D eigenvalue weighted by atomic mass is 9.87. The van der Waals surface area contributed by atoms with E-state index >= 15 is 0 Å². The molecule has 1 aromatic carbocycles. The lowest BCUT2D eigenvalue weighted by molar-refractivity contribution is 0.0923. The normalized spacial score (nSPS) is 21.5. The Balaban J connectivity index is 1.73. The van der Waals surface area contributed by atoms with Gasteiger partial charge in [0, 0.05) is 23.7 Å². The van der Waals surface area contributed by atoms with E-state index in [-0.39, 0.29) is 5.91 Å². The molecule has 2 aromatic rings. The summed E-state index contributed by atoms with van der Waals surface area (Å²) in [5.74, 6) is 1.53. The Bertz CT molecular complexity index is 676. The van der Waals surface area contributed by atoms with Crippen LogP contribution in [0.4, 0.5) is 0 Å². The molecule has 116 valence electrons. The average Bonchev–Trinajstić information content (AvgIpc) is 2.56. The topological polar surface area (TPSA) is 51.2 Å². The Kier molecular flexibility index (Phi) is 4.27. The molecule has 0 saturated heterocycles. The molecule has 1 amide bonds. The molecule has 0 bridgehead atoms. The number of methoxy groups -OCH3 is 1. The van der Waals surface area contributed by atoms with Gasteiger partial charge in [-0.05, 0) is 49.8 Å². The van der Waals surface area contributed by atoms with Gasteiger partial charge in [0.05, 0.1) is 18.2 Å². The Labute approximate surface area is 130 Å². The Morgan fingerprint density at radius 3 is 2.73 bits per heavy atom. The summed E-state index contributed by atoms with van der Waals surface area (Å²) in [6.07, 6.45) is 6.18. The number of benzene rings is 1. The molecular formula is C18H22N2O2. The third kappa shape index (κ3) is 3.21. The van der Waals surface area contributed by atoms with Crippen LogP contribution in [0.3, 0.4) is 0 Å². The third-order valence-corrected chi connectivity index (χ3v) is 4.50. The first-order valence-corrected chi connectivity index (χ1v) is 7.90. The standard InChI is InChI=1S/C18H22N2O2/c1-12-3-6-15(7-4-12)20-18(21)14-9-13-5-8-16(22-2)10-17(13)19-11-14/h5,8-12,15H,3-4,6-7H2,1-2H3,(H,20,21). The second-order valence-corrected chi connectivity index (χ2v) is 6.21. The Hall–Kier alpha value is -2.10. The van der Waals surface area contributed by atoms with Crippen LogP contribution in [0.1, 0.15) is 43.0 Å². The number of carbonyl (C=O) groups is 1. The van der Waals surface area contributed by atoms with E-state index in [9.17, 15) is 4.79 Å². The molecule has 1 heterocycles. The lowest BCUT2D eigenvalue weighted by Crippen LogP contribution is -2.37. The van der Waals surface area contributed by atoms with Gasteiger partial charge < -0.3 is 10.1 Å². The Morgan fingerprint density at radius 1 is 1.23 bits per heavy atom. The molecule has 1 aliphatic carbocycles. The molecule has 0 atom stereocenters. The molecular weight excluding hydrogens is 276 g/mol. The minimum atomic E-state index is -0.0234. The molecule has 4 nitrogen and oxygen atoms in total. The van der Waals surface area contributed by atoms with Gasteiger partial charge in [0.1, 0.15) is 5.75 Å². The van der Waals surface area contributed by atoms with Crippen molar-refractivity contribution in [1.82, 2.24) is 10.3 Å². The van der Waals surface area contributed by atoms with E-state index in [0.717, 1.165) is 35.4 Å². The molecule has 1 saturated carbocycles. The highest BCUT2D eigenvalue weighted by Gasteiger charge is 2.20. The zero-order chi connectivity index (χ0) is 15.5. The van der Waals surface area contributed by atoms with E-state index in [1.807, 2.05) is 24.3 Å². The number of aromatic nitrogens is 1. The summed E-state index contributed by atoms with van der Waals surface area (Å²) < 4.78 is 5.19. The van der Waals surface area contributed by atoms with E-state index < -0.39 is 0 Å². The largest absolute Gasteiger partial charge is 0.497 e. The molecule has 3 rings (SSSR count). The summed E-state index contributed by atoms with van der Waals surface area (Å²) in [6.45, 7) is 2.28. The summed E-state index contributed by atoms with van der Waals surface area (Å²) in [5.41, 5.74) is 1.46. The number of ether oxygens (including phenoxy) is 1. The van der Waals surface area contributed by atoms with Crippen molar-refractivity contribution < 1.29 is 9.53 Å². The van der Waals surface area contributed by atoms with Crippen LogP contribution in [0, 0.1) is 5.92 Å². The van der Waals surface area contributed by atoms with Crippen molar-refractivity contribution in [3.63, 3.8) is 0 Å². The molecule has 1 aliphatic rings. The van der Waals surface area contributed by atoms with Gasteiger partial charge in [0.2, 0.25) is 0 Å². The van der Waals surface area contributed by atoms with Gasteiger partial charge in [-0.25, -0.2) is 0 Å². The number of rotatable bonds is 3. The molecule has 0 unspecified atom stereocenters. The van der Waals surface area contributed by atoms with Gasteiger partial charge in [-0.1, -0.05) is 6.92 Å². The fourth-order valence-corrected chi connectivity index (χ4v) is 3.03. The zero-order valence-corrected chi connectivity index (χ0v) is 13.1. The fourth-order valence-electron chi connectivity index (χ4n) is 3.03. The van der Waals surface area contributed by atoms with Gasteiger partial charge in [0.25, 0.3) is 5.91 Å². The predicted octanol–water partition coefficient (Wildman–Crippen LogP) is 3.55. The van der Waals surface area contributed by atoms with Gasteiger partial charge >= 0.3 is 0 Å². The number of amides is 1. The summed E-state index contributed by atoms with van der Waals surface area (Å²) in [7, 11) is 1.63. The molecule has 0 aliphatic heterocycles. The van der Waals surface area contributed by atoms with Crippen LogP contribution in [-0.2, 0) is 0 Å². The molecule has 1 aromatic heterocycles. The minimum absolute atomic E-state index is 0.0234. The van der Waals surface area contributed by atoms with E-state index in [4.69, 9.17) is 4.74 Å². The molecule has 0 radical (unpaired) electrons. The molecule has 22 heavy (non-hydrogen) atoms. The molecule has 0 spiro atoms. The number of nitrogens with one attached hydrogen (secondary N) is 1. The number of hydrogen-bond acceptors (Lipinski definition) is 3. The van der Waals surface area contributed by atoms with Crippen LogP contribution in [0.2, 0.25) is 0 Å². The highest BCUT2D eigenvalue weighted by Crippen LogP contribution is 2.24. The van der Waals surface area contributed by atoms with Gasteiger partial charge in [-0.2, -0.15) is 0 Å². The minimum Gasteiger partial charge on any atom is -0.497 e. The van der Waals surface area contributed by atoms with Crippen molar-refractivity contribution in [3.8, 4) is 5.75 Å². The van der Waals surface area contributed by atoms with E-state index in [1.165, 1.54) is 12.8 Å². The third-order valence-electron chi connectivity index (χ3n) is 4.50. The van der Waals surface area contributed by atoms with Crippen molar-refractivity contribution in [2.45, 2.75) is 38.6 Å². The van der Waals surface area contributed by atoms with Crippen LogP contribution in [0.5, 0.6) is 5.75 Å². The van der Waals surface area contributed by atoms with E-state index in [0.29, 0.717) is 11.6 Å². The first-order valence-electron chi connectivity index (χ1n) is 7.90. The average molecular weight is 298 g/mol.